The summed E-state index contributed by atoms with van der Waals surface area (Å²) in [7, 11) is 0. The molecule has 0 aromatic carbocycles. The molecule has 2 heteroatoms. The summed E-state index contributed by atoms with van der Waals surface area (Å²) in [6.45, 7) is 4.65. The second kappa shape index (κ2) is 2.59. The minimum absolute atomic E-state index is 0.0315. The molecule has 2 fully saturated rings. The maximum absolute atomic E-state index is 9.94. The normalized spacial score (nSPS) is 58.0. The number of fused-ring (bicyclic) bond motifs is 2. The van der Waals surface area contributed by atoms with E-state index in [1.807, 2.05) is 0 Å². The molecule has 2 rings (SSSR count). The van der Waals surface area contributed by atoms with Gasteiger partial charge >= 0.3 is 0 Å². The fourth-order valence-corrected chi connectivity index (χ4v) is 4.76. The van der Waals surface area contributed by atoms with E-state index in [0.29, 0.717) is 5.41 Å². The van der Waals surface area contributed by atoms with Gasteiger partial charge in [-0.25, -0.2) is 0 Å². The number of rotatable bonds is 1. The first-order valence-electron chi connectivity index (χ1n) is 4.78. The number of aliphatic hydroxyl groups is 1. The molecule has 0 radical (unpaired) electrons. The van der Waals surface area contributed by atoms with Crippen LogP contribution in [0.4, 0.5) is 0 Å². The Morgan fingerprint density at radius 3 is 2.42 bits per heavy atom. The monoisotopic (exact) mass is 280 g/mol. The van der Waals surface area contributed by atoms with E-state index in [1.165, 1.54) is 17.3 Å². The van der Waals surface area contributed by atoms with Crippen LogP contribution in [0.1, 0.15) is 33.1 Å². The van der Waals surface area contributed by atoms with E-state index in [4.69, 9.17) is 0 Å². The fourth-order valence-electron chi connectivity index (χ4n) is 3.26. The Morgan fingerprint density at radius 2 is 2.17 bits per heavy atom. The third-order valence-corrected chi connectivity index (χ3v) is 6.32. The second-order valence-corrected chi connectivity index (χ2v) is 5.72. The standard InChI is InChI=1S/C10H17IO/c1-9-4-3-7(5-8(9)12)10(9,2)6-11/h7-8,12H,3-6H2,1-2H3/t7-,8+,9+,10-/m0/s1. The lowest BCUT2D eigenvalue weighted by Gasteiger charge is -2.38. The molecule has 2 bridgehead atoms. The van der Waals surface area contributed by atoms with E-state index in [2.05, 4.69) is 36.4 Å². The predicted molar refractivity (Wildman–Crippen MR) is 58.4 cm³/mol. The van der Waals surface area contributed by atoms with Crippen molar-refractivity contribution < 1.29 is 5.11 Å². The quantitative estimate of drug-likeness (QED) is 0.578. The van der Waals surface area contributed by atoms with Crippen LogP contribution in [0.25, 0.3) is 0 Å². The minimum Gasteiger partial charge on any atom is -0.393 e. The first kappa shape index (κ1) is 9.25. The van der Waals surface area contributed by atoms with E-state index in [1.54, 1.807) is 0 Å². The number of alkyl halides is 1. The maximum Gasteiger partial charge on any atom is 0.0602 e. The van der Waals surface area contributed by atoms with Crippen LogP contribution in [0.2, 0.25) is 0 Å². The van der Waals surface area contributed by atoms with E-state index in [0.717, 1.165) is 12.3 Å². The van der Waals surface area contributed by atoms with Gasteiger partial charge in [0.2, 0.25) is 0 Å². The summed E-state index contributed by atoms with van der Waals surface area (Å²) in [5, 5.41) is 9.94. The zero-order valence-corrected chi connectivity index (χ0v) is 9.97. The van der Waals surface area contributed by atoms with Crippen LogP contribution in [0.3, 0.4) is 0 Å². The molecule has 2 aliphatic carbocycles. The van der Waals surface area contributed by atoms with Crippen LogP contribution < -0.4 is 0 Å². The van der Waals surface area contributed by atoms with E-state index in [-0.39, 0.29) is 11.5 Å². The zero-order valence-electron chi connectivity index (χ0n) is 7.81. The van der Waals surface area contributed by atoms with E-state index in [9.17, 15) is 5.11 Å². The molecule has 4 atom stereocenters. The Morgan fingerprint density at radius 1 is 1.50 bits per heavy atom. The van der Waals surface area contributed by atoms with E-state index < -0.39 is 0 Å². The molecule has 0 saturated heterocycles. The molecule has 2 saturated carbocycles. The summed E-state index contributed by atoms with van der Waals surface area (Å²) < 4.78 is 1.20. The average molecular weight is 280 g/mol. The third-order valence-electron chi connectivity index (χ3n) is 4.74. The lowest BCUT2D eigenvalue weighted by Crippen LogP contribution is -2.38. The van der Waals surface area contributed by atoms with Crippen molar-refractivity contribution >= 4 is 22.6 Å². The molecule has 1 N–H and O–H groups in total. The van der Waals surface area contributed by atoms with Crippen LogP contribution in [0.5, 0.6) is 0 Å². The van der Waals surface area contributed by atoms with Crippen molar-refractivity contribution in [3.8, 4) is 0 Å². The summed E-state index contributed by atoms with van der Waals surface area (Å²) in [6, 6.07) is 0. The number of hydrogen-bond acceptors (Lipinski definition) is 1. The van der Waals surface area contributed by atoms with Gasteiger partial charge in [0.05, 0.1) is 6.10 Å². The highest BCUT2D eigenvalue weighted by Crippen LogP contribution is 2.66. The first-order chi connectivity index (χ1) is 5.54. The largest absolute Gasteiger partial charge is 0.393 e. The minimum atomic E-state index is -0.0315. The average Bonchev–Trinajstić information content (AvgIpc) is 2.39. The highest BCUT2D eigenvalue weighted by Gasteiger charge is 2.62. The Bertz CT molecular complexity index is 204. The highest BCUT2D eigenvalue weighted by molar-refractivity contribution is 14.1. The van der Waals surface area contributed by atoms with Crippen molar-refractivity contribution in [2.24, 2.45) is 16.7 Å². The number of hydrogen-bond donors (Lipinski definition) is 1. The Hall–Kier alpha value is 0.690. The van der Waals surface area contributed by atoms with Gasteiger partial charge in [0.1, 0.15) is 0 Å². The summed E-state index contributed by atoms with van der Waals surface area (Å²) in [4.78, 5) is 0. The molecule has 0 amide bonds. The lowest BCUT2D eigenvalue weighted by molar-refractivity contribution is 0.0154. The van der Waals surface area contributed by atoms with Crippen LogP contribution in [-0.4, -0.2) is 15.6 Å². The van der Waals surface area contributed by atoms with Gasteiger partial charge in [0.15, 0.2) is 0 Å². The zero-order chi connectivity index (χ0) is 8.98. The Kier molecular flexibility index (Phi) is 2.00. The topological polar surface area (TPSA) is 20.2 Å². The van der Waals surface area contributed by atoms with Crippen molar-refractivity contribution in [2.45, 2.75) is 39.2 Å². The molecule has 0 aromatic heterocycles. The molecule has 0 spiro atoms. The Balaban J connectivity index is 2.38. The smallest absolute Gasteiger partial charge is 0.0602 e. The van der Waals surface area contributed by atoms with Crippen LogP contribution in [0, 0.1) is 16.7 Å². The predicted octanol–water partition coefficient (Wildman–Crippen LogP) is 2.61. The SMILES string of the molecule is C[C@]1(CI)[C@H]2CC[C@]1(C)[C@H](O)C2. The van der Waals surface area contributed by atoms with Gasteiger partial charge < -0.3 is 5.11 Å². The molecule has 70 valence electrons. The molecule has 0 aliphatic heterocycles. The third kappa shape index (κ3) is 0.834. The number of aliphatic hydroxyl groups excluding tert-OH is 1. The summed E-state index contributed by atoms with van der Waals surface area (Å²) in [5.74, 6) is 0.786. The summed E-state index contributed by atoms with van der Waals surface area (Å²) in [6.07, 6.45) is 3.59. The van der Waals surface area contributed by atoms with Crippen molar-refractivity contribution in [1.29, 1.82) is 0 Å². The summed E-state index contributed by atoms with van der Waals surface area (Å²) >= 11 is 2.49. The molecular weight excluding hydrogens is 263 g/mol. The van der Waals surface area contributed by atoms with Gasteiger partial charge in [-0.2, -0.15) is 0 Å². The maximum atomic E-state index is 9.94. The van der Waals surface area contributed by atoms with Crippen LogP contribution >= 0.6 is 22.6 Å². The van der Waals surface area contributed by atoms with Gasteiger partial charge in [-0.3, -0.25) is 0 Å². The van der Waals surface area contributed by atoms with E-state index >= 15 is 0 Å². The van der Waals surface area contributed by atoms with Gasteiger partial charge in [-0.1, -0.05) is 36.4 Å². The molecule has 2 aliphatic rings. The number of halogens is 1. The molecule has 12 heavy (non-hydrogen) atoms. The van der Waals surface area contributed by atoms with Crippen LogP contribution in [0.15, 0.2) is 0 Å². The second-order valence-electron chi connectivity index (χ2n) is 4.96. The van der Waals surface area contributed by atoms with Crippen molar-refractivity contribution in [3.63, 3.8) is 0 Å². The van der Waals surface area contributed by atoms with Gasteiger partial charge in [-0.15, -0.1) is 0 Å². The molecular formula is C10H17IO. The van der Waals surface area contributed by atoms with Crippen molar-refractivity contribution in [2.75, 3.05) is 4.43 Å². The van der Waals surface area contributed by atoms with Crippen molar-refractivity contribution in [1.82, 2.24) is 0 Å². The molecule has 0 heterocycles. The summed E-state index contributed by atoms with van der Waals surface area (Å²) in [5.41, 5.74) is 0.631. The highest BCUT2D eigenvalue weighted by atomic mass is 127. The molecule has 1 nitrogen and oxygen atoms in total. The fraction of sp³-hybridized carbons (Fsp3) is 1.00. The van der Waals surface area contributed by atoms with Gasteiger partial charge in [0, 0.05) is 4.43 Å². The van der Waals surface area contributed by atoms with Gasteiger partial charge in [0.25, 0.3) is 0 Å². The van der Waals surface area contributed by atoms with Crippen LogP contribution in [-0.2, 0) is 0 Å². The lowest BCUT2D eigenvalue weighted by atomic mass is 9.70. The van der Waals surface area contributed by atoms with Crippen molar-refractivity contribution in [3.05, 3.63) is 0 Å². The Labute approximate surface area is 88.1 Å². The molecule has 0 unspecified atom stereocenters. The van der Waals surface area contributed by atoms with Gasteiger partial charge in [-0.05, 0) is 36.0 Å². The first-order valence-corrected chi connectivity index (χ1v) is 6.31. The molecule has 0 aromatic rings.